The summed E-state index contributed by atoms with van der Waals surface area (Å²) in [5.41, 5.74) is 4.61. The number of aldehydes is 1. The Hall–Kier alpha value is -7.57. The zero-order chi connectivity index (χ0) is 61.3. The molecule has 0 saturated carbocycles. The van der Waals surface area contributed by atoms with E-state index in [1.54, 1.807) is 57.0 Å². The molecule has 2 fully saturated rings. The van der Waals surface area contributed by atoms with E-state index in [9.17, 15) is 53.1 Å². The van der Waals surface area contributed by atoms with Crippen LogP contribution in [0.25, 0.3) is 0 Å². The van der Waals surface area contributed by atoms with Crippen LogP contribution in [0.3, 0.4) is 0 Å². The number of hydrogen-bond acceptors (Lipinski definition) is 15. The van der Waals surface area contributed by atoms with Crippen LogP contribution < -0.4 is 42.0 Å². The number of carbonyl (C=O) groups is 10. The Balaban J connectivity index is 1.24. The maximum atomic E-state index is 14.4. The molecule has 9 atom stereocenters. The van der Waals surface area contributed by atoms with Gasteiger partial charge < -0.3 is 70.5 Å². The van der Waals surface area contributed by atoms with Gasteiger partial charge >= 0.3 is 18.1 Å². The van der Waals surface area contributed by atoms with Crippen molar-refractivity contribution in [2.24, 2.45) is 17.6 Å². The highest BCUT2D eigenvalue weighted by Crippen LogP contribution is 2.49. The summed E-state index contributed by atoms with van der Waals surface area (Å²) in [7, 11) is 6.05. The van der Waals surface area contributed by atoms with Gasteiger partial charge in [0.15, 0.2) is 0 Å². The minimum atomic E-state index is -1.66. The SMILES string of the molecule is COc1cc2cc(c1Cl)N(C)C(=O)C[C@H](OC(=O)[C@H](C)N(C)C(=O)c1ccc(NC(=O)C(CCCNC(N)=O)NC(=O)CNC(=O)CCCCCN(C)C(=O)C(C)CC=O)cc1)[C@]1(C)OC1[C@H](C)C1C[C@](O)(C/C=C/C=C(\C)C2)NC(=O)O1. The van der Waals surface area contributed by atoms with Crippen LogP contribution in [0.5, 0.6) is 5.75 Å². The van der Waals surface area contributed by atoms with Gasteiger partial charge in [0.05, 0.1) is 31.9 Å². The molecule has 454 valence electrons. The normalized spacial score (nSPS) is 23.6. The van der Waals surface area contributed by atoms with Gasteiger partial charge in [-0.25, -0.2) is 14.4 Å². The van der Waals surface area contributed by atoms with Gasteiger partial charge in [0, 0.05) is 83.0 Å². The van der Waals surface area contributed by atoms with Crippen LogP contribution in [-0.4, -0.2) is 164 Å². The first-order valence-corrected chi connectivity index (χ1v) is 28.1. The van der Waals surface area contributed by atoms with Crippen molar-refractivity contribution >= 4 is 82.8 Å². The Labute approximate surface area is 488 Å². The van der Waals surface area contributed by atoms with E-state index in [4.69, 9.17) is 36.3 Å². The number of carbonyl (C=O) groups excluding carboxylic acids is 10. The molecule has 2 aromatic rings. The molecule has 0 aliphatic carbocycles. The van der Waals surface area contributed by atoms with Crippen molar-refractivity contribution < 1.29 is 72.0 Å². The quantitative estimate of drug-likeness (QED) is 0.0350. The van der Waals surface area contributed by atoms with Crippen LogP contribution in [0, 0.1) is 11.8 Å². The summed E-state index contributed by atoms with van der Waals surface area (Å²) < 4.78 is 23.7. The second kappa shape index (κ2) is 30.1. The van der Waals surface area contributed by atoms with Crippen LogP contribution in [0.1, 0.15) is 115 Å². The van der Waals surface area contributed by atoms with Gasteiger partial charge in [-0.1, -0.05) is 55.7 Å². The third-order valence-corrected chi connectivity index (χ3v) is 15.6. The number of aliphatic hydroxyl groups is 1. The predicted molar refractivity (Wildman–Crippen MR) is 307 cm³/mol. The maximum Gasteiger partial charge on any atom is 0.409 e. The number of amides is 9. The molecule has 4 unspecified atom stereocenters. The van der Waals surface area contributed by atoms with Crippen molar-refractivity contribution in [1.29, 1.82) is 0 Å². The zero-order valence-electron chi connectivity index (χ0n) is 48.7. The van der Waals surface area contributed by atoms with E-state index in [1.165, 1.54) is 57.3 Å². The molecule has 9 amide bonds. The second-order valence-electron chi connectivity index (χ2n) is 21.8. The Morgan fingerprint density at radius 1 is 1.02 bits per heavy atom. The lowest BCUT2D eigenvalue weighted by molar-refractivity contribution is -0.158. The number of epoxide rings is 1. The maximum absolute atomic E-state index is 14.4. The Morgan fingerprint density at radius 3 is 2.41 bits per heavy atom. The second-order valence-corrected chi connectivity index (χ2v) is 22.2. The first-order chi connectivity index (χ1) is 39.2. The number of primary amides is 1. The summed E-state index contributed by atoms with van der Waals surface area (Å²) in [5.74, 6) is -4.47. The van der Waals surface area contributed by atoms with Crippen molar-refractivity contribution in [3.05, 3.63) is 76.3 Å². The number of nitrogens with zero attached hydrogens (tertiary/aromatic N) is 3. The molecule has 0 aromatic heterocycles. The Morgan fingerprint density at radius 2 is 1.73 bits per heavy atom. The number of anilines is 2. The standard InChI is InChI=1S/C58H80ClN9O15/c1-34-16-12-13-24-58(79)32-44(81-56(78)65-58)36(3)50-57(5,83-50)45(31-48(72)68(8)42-29-38(28-34)30-43(80-9)49(42)59)82-54(76)37(4)67(7)53(75)39-19-21-40(22-20-39)63-51(73)41(17-15-25-61-55(60)77)64-47(71)33-62-46(70)18-11-10-14-26-66(6)52(74)35(2)23-27-69/h12-13,16,19-22,27,29-30,35-37,41,44-45,50,79H,10-11,14-15,17-18,23-26,28,31-33H2,1-9H3,(H,62,70)(H,63,73)(H,64,71)(H,65,78)(H3,60,61,77)/b13-12+,34-16+/t35?,36-,37+,41?,44?,45+,50?,57+,58-/m1/s1. The van der Waals surface area contributed by atoms with Gasteiger partial charge in [0.2, 0.25) is 29.5 Å². The summed E-state index contributed by atoms with van der Waals surface area (Å²) in [6, 6.07) is 6.14. The van der Waals surface area contributed by atoms with Crippen LogP contribution >= 0.6 is 11.6 Å². The van der Waals surface area contributed by atoms with Crippen molar-refractivity contribution in [3.63, 3.8) is 0 Å². The number of rotatable bonds is 23. The largest absolute Gasteiger partial charge is 0.495 e. The minimum absolute atomic E-state index is 0.00393. The molecule has 3 heterocycles. The van der Waals surface area contributed by atoms with Crippen LogP contribution in [0.2, 0.25) is 5.02 Å². The molecule has 5 rings (SSSR count). The van der Waals surface area contributed by atoms with Crippen molar-refractivity contribution in [3.8, 4) is 5.75 Å². The molecule has 25 heteroatoms. The van der Waals surface area contributed by atoms with E-state index in [2.05, 4.69) is 26.6 Å². The monoisotopic (exact) mass is 1180 g/mol. The molecular formula is C58H80ClN9O15. The number of likely N-dealkylation sites (N-methyl/N-ethyl adjacent to an activating group) is 1. The third-order valence-electron chi connectivity index (χ3n) is 15.2. The highest BCUT2D eigenvalue weighted by molar-refractivity contribution is 6.35. The fourth-order valence-electron chi connectivity index (χ4n) is 9.88. The van der Waals surface area contributed by atoms with E-state index in [0.717, 1.165) is 16.0 Å². The number of esters is 1. The van der Waals surface area contributed by atoms with E-state index in [0.29, 0.717) is 50.0 Å². The molecule has 0 spiro atoms. The summed E-state index contributed by atoms with van der Waals surface area (Å²) in [6.45, 7) is 8.64. The van der Waals surface area contributed by atoms with E-state index in [-0.39, 0.29) is 73.2 Å². The van der Waals surface area contributed by atoms with Crippen LogP contribution in [-0.2, 0) is 54.2 Å². The van der Waals surface area contributed by atoms with Crippen LogP contribution in [0.15, 0.2) is 60.2 Å². The fourth-order valence-corrected chi connectivity index (χ4v) is 10.2. The lowest BCUT2D eigenvalue weighted by atomic mass is 9.84. The van der Waals surface area contributed by atoms with Gasteiger partial charge in [-0.2, -0.15) is 0 Å². The van der Waals surface area contributed by atoms with Gasteiger partial charge in [0.1, 0.15) is 52.7 Å². The zero-order valence-corrected chi connectivity index (χ0v) is 49.4. The smallest absolute Gasteiger partial charge is 0.409 e. The number of nitrogens with two attached hydrogens (primary N) is 1. The summed E-state index contributed by atoms with van der Waals surface area (Å²) in [5, 5.41) is 24.6. The summed E-state index contributed by atoms with van der Waals surface area (Å²) in [4.78, 5) is 133. The number of hydrogen-bond donors (Lipinski definition) is 7. The molecule has 2 aromatic carbocycles. The number of urea groups is 1. The lowest BCUT2D eigenvalue weighted by Crippen LogP contribution is -2.57. The molecule has 8 N–H and O–H groups in total. The molecule has 3 aliphatic rings. The van der Waals surface area contributed by atoms with E-state index >= 15 is 0 Å². The van der Waals surface area contributed by atoms with Crippen molar-refractivity contribution in [1.82, 2.24) is 31.1 Å². The average molecular weight is 1180 g/mol. The van der Waals surface area contributed by atoms with Crippen LogP contribution in [0.4, 0.5) is 21.0 Å². The molecular weight excluding hydrogens is 1100 g/mol. The molecule has 2 saturated heterocycles. The van der Waals surface area contributed by atoms with Gasteiger partial charge in [-0.05, 0) is 94.8 Å². The Kier molecular flexibility index (Phi) is 24.0. The highest BCUT2D eigenvalue weighted by Gasteiger charge is 2.64. The van der Waals surface area contributed by atoms with Crippen molar-refractivity contribution in [2.45, 2.75) is 147 Å². The number of methoxy groups -OCH3 is 1. The molecule has 4 bridgehead atoms. The minimum Gasteiger partial charge on any atom is -0.495 e. The number of unbranched alkanes of at least 4 members (excludes halogenated alkanes) is 2. The number of halogens is 1. The third kappa shape index (κ3) is 18.7. The highest BCUT2D eigenvalue weighted by atomic mass is 35.5. The molecule has 83 heavy (non-hydrogen) atoms. The number of ether oxygens (including phenoxy) is 4. The van der Waals surface area contributed by atoms with Gasteiger partial charge in [-0.3, -0.25) is 34.1 Å². The fraction of sp³-hybridized carbons (Fsp3) is 0.552. The number of benzene rings is 2. The van der Waals surface area contributed by atoms with Gasteiger partial charge in [-0.15, -0.1) is 0 Å². The lowest BCUT2D eigenvalue weighted by Gasteiger charge is -2.39. The van der Waals surface area contributed by atoms with Crippen molar-refractivity contribution in [2.75, 3.05) is 58.1 Å². The van der Waals surface area contributed by atoms with E-state index in [1.807, 2.05) is 13.0 Å². The number of fused-ring (bicyclic) bond motifs is 5. The first-order valence-electron chi connectivity index (χ1n) is 27.7. The number of nitrogens with one attached hydrogen (secondary N) is 5. The number of alkyl carbamates (subject to hydrolysis) is 1. The average Bonchev–Trinajstić information content (AvgIpc) is 1.89. The van der Waals surface area contributed by atoms with E-state index < -0.39 is 108 Å². The summed E-state index contributed by atoms with van der Waals surface area (Å²) >= 11 is 6.82. The predicted octanol–water partition coefficient (Wildman–Crippen LogP) is 4.44. The topological polar surface area (TPSA) is 327 Å². The summed E-state index contributed by atoms with van der Waals surface area (Å²) in [6.07, 6.45) is 4.86. The van der Waals surface area contributed by atoms with Gasteiger partial charge in [0.25, 0.3) is 5.91 Å². The number of allylic oxidation sites excluding steroid dienone is 3. The first kappa shape index (κ1) is 66.2. The molecule has 0 radical (unpaired) electrons. The molecule has 24 nitrogen and oxygen atoms in total. The Bertz CT molecular complexity index is 2780. The molecule has 3 aliphatic heterocycles.